The molecule has 1 fully saturated rings. The zero-order valence-corrected chi connectivity index (χ0v) is 8.68. The van der Waals surface area contributed by atoms with Crippen LogP contribution in [0.3, 0.4) is 0 Å². The Hall–Kier alpha value is -0.890. The SMILES string of the molecule is CNC(c1cc(C)ccc1F)C1CC1. The van der Waals surface area contributed by atoms with Gasteiger partial charge in [-0.15, -0.1) is 0 Å². The van der Waals surface area contributed by atoms with Crippen molar-refractivity contribution in [3.63, 3.8) is 0 Å². The van der Waals surface area contributed by atoms with Crippen LogP contribution >= 0.6 is 0 Å². The molecule has 0 aromatic heterocycles. The Labute approximate surface area is 84.3 Å². The highest BCUT2D eigenvalue weighted by molar-refractivity contribution is 5.28. The topological polar surface area (TPSA) is 12.0 Å². The molecule has 2 rings (SSSR count). The molecule has 76 valence electrons. The van der Waals surface area contributed by atoms with E-state index < -0.39 is 0 Å². The Balaban J connectivity index is 2.32. The molecule has 1 unspecified atom stereocenters. The van der Waals surface area contributed by atoms with E-state index in [2.05, 4.69) is 5.32 Å². The lowest BCUT2D eigenvalue weighted by atomic mass is 10.00. The molecule has 1 aliphatic carbocycles. The standard InChI is InChI=1S/C12H16FN/c1-8-3-6-11(13)10(7-8)12(14-2)9-4-5-9/h3,6-7,9,12,14H,4-5H2,1-2H3. The Morgan fingerprint density at radius 3 is 2.71 bits per heavy atom. The van der Waals surface area contributed by atoms with Crippen LogP contribution < -0.4 is 5.32 Å². The predicted molar refractivity (Wildman–Crippen MR) is 55.7 cm³/mol. The van der Waals surface area contributed by atoms with Gasteiger partial charge in [-0.25, -0.2) is 4.39 Å². The smallest absolute Gasteiger partial charge is 0.128 e. The highest BCUT2D eigenvalue weighted by Crippen LogP contribution is 2.41. The highest BCUT2D eigenvalue weighted by atomic mass is 19.1. The maximum Gasteiger partial charge on any atom is 0.128 e. The third-order valence-corrected chi connectivity index (χ3v) is 2.89. The van der Waals surface area contributed by atoms with Gasteiger partial charge in [0.1, 0.15) is 5.82 Å². The van der Waals surface area contributed by atoms with Gasteiger partial charge in [-0.1, -0.05) is 17.7 Å². The molecular weight excluding hydrogens is 177 g/mol. The summed E-state index contributed by atoms with van der Waals surface area (Å²) in [5.41, 5.74) is 1.96. The van der Waals surface area contributed by atoms with Crippen LogP contribution in [0.4, 0.5) is 4.39 Å². The normalized spacial score (nSPS) is 18.2. The van der Waals surface area contributed by atoms with Gasteiger partial charge in [0.2, 0.25) is 0 Å². The summed E-state index contributed by atoms with van der Waals surface area (Å²) in [4.78, 5) is 0. The first-order valence-electron chi connectivity index (χ1n) is 5.15. The monoisotopic (exact) mass is 193 g/mol. The summed E-state index contributed by atoms with van der Waals surface area (Å²) in [6.45, 7) is 2.00. The van der Waals surface area contributed by atoms with Crippen LogP contribution in [0, 0.1) is 18.7 Å². The second-order valence-corrected chi connectivity index (χ2v) is 4.13. The number of rotatable bonds is 3. The van der Waals surface area contributed by atoms with Gasteiger partial charge in [0.15, 0.2) is 0 Å². The van der Waals surface area contributed by atoms with E-state index in [9.17, 15) is 4.39 Å². The van der Waals surface area contributed by atoms with Gasteiger partial charge in [-0.05, 0) is 38.8 Å². The van der Waals surface area contributed by atoms with E-state index >= 15 is 0 Å². The fraction of sp³-hybridized carbons (Fsp3) is 0.500. The van der Waals surface area contributed by atoms with Crippen molar-refractivity contribution in [2.75, 3.05) is 7.05 Å². The lowest BCUT2D eigenvalue weighted by Crippen LogP contribution is -2.19. The number of hydrogen-bond acceptors (Lipinski definition) is 1. The molecule has 1 N–H and O–H groups in total. The van der Waals surface area contributed by atoms with Crippen LogP contribution in [0.5, 0.6) is 0 Å². The number of hydrogen-bond donors (Lipinski definition) is 1. The van der Waals surface area contributed by atoms with Gasteiger partial charge in [0.05, 0.1) is 0 Å². The average molecular weight is 193 g/mol. The molecule has 0 amide bonds. The predicted octanol–water partition coefficient (Wildman–Crippen LogP) is 2.80. The van der Waals surface area contributed by atoms with Crippen LogP contribution in [-0.2, 0) is 0 Å². The molecule has 0 radical (unpaired) electrons. The summed E-state index contributed by atoms with van der Waals surface area (Å²) in [7, 11) is 1.91. The van der Waals surface area contributed by atoms with Gasteiger partial charge in [0, 0.05) is 11.6 Å². The third-order valence-electron chi connectivity index (χ3n) is 2.89. The van der Waals surface area contributed by atoms with Crippen LogP contribution in [0.1, 0.15) is 30.0 Å². The summed E-state index contributed by atoms with van der Waals surface area (Å²) >= 11 is 0. The van der Waals surface area contributed by atoms with Gasteiger partial charge in [-0.2, -0.15) is 0 Å². The van der Waals surface area contributed by atoms with Crippen molar-refractivity contribution in [2.45, 2.75) is 25.8 Å². The molecule has 0 spiro atoms. The number of nitrogens with one attached hydrogen (secondary N) is 1. The lowest BCUT2D eigenvalue weighted by Gasteiger charge is -2.17. The van der Waals surface area contributed by atoms with Crippen LogP contribution in [0.25, 0.3) is 0 Å². The van der Waals surface area contributed by atoms with Gasteiger partial charge >= 0.3 is 0 Å². The molecule has 0 heterocycles. The fourth-order valence-corrected chi connectivity index (χ4v) is 1.98. The van der Waals surface area contributed by atoms with Crippen molar-refractivity contribution in [3.05, 3.63) is 35.1 Å². The zero-order valence-electron chi connectivity index (χ0n) is 8.68. The maximum atomic E-state index is 13.6. The Bertz CT molecular complexity index is 331. The first-order chi connectivity index (χ1) is 6.72. The molecule has 14 heavy (non-hydrogen) atoms. The summed E-state index contributed by atoms with van der Waals surface area (Å²) in [6.07, 6.45) is 2.44. The summed E-state index contributed by atoms with van der Waals surface area (Å²) in [5.74, 6) is 0.554. The maximum absolute atomic E-state index is 13.6. The number of aryl methyl sites for hydroxylation is 1. The van der Waals surface area contributed by atoms with E-state index in [0.717, 1.165) is 11.1 Å². The van der Waals surface area contributed by atoms with E-state index in [1.54, 1.807) is 6.07 Å². The van der Waals surface area contributed by atoms with Crippen LogP contribution in [-0.4, -0.2) is 7.05 Å². The summed E-state index contributed by atoms with van der Waals surface area (Å²) < 4.78 is 13.6. The largest absolute Gasteiger partial charge is 0.313 e. The Morgan fingerprint density at radius 1 is 1.43 bits per heavy atom. The fourth-order valence-electron chi connectivity index (χ4n) is 1.98. The molecule has 1 atom stereocenters. The van der Waals surface area contributed by atoms with Crippen molar-refractivity contribution in [2.24, 2.45) is 5.92 Å². The molecule has 1 aromatic rings. The highest BCUT2D eigenvalue weighted by Gasteiger charge is 2.32. The molecule has 0 saturated heterocycles. The average Bonchev–Trinajstić information content (AvgIpc) is 2.96. The van der Waals surface area contributed by atoms with Gasteiger partial charge in [0.25, 0.3) is 0 Å². The third kappa shape index (κ3) is 1.80. The second kappa shape index (κ2) is 3.70. The van der Waals surface area contributed by atoms with E-state index in [4.69, 9.17) is 0 Å². The number of halogens is 1. The zero-order chi connectivity index (χ0) is 10.1. The number of benzene rings is 1. The van der Waals surface area contributed by atoms with Crippen molar-refractivity contribution in [1.82, 2.24) is 5.32 Å². The van der Waals surface area contributed by atoms with E-state index in [0.29, 0.717) is 5.92 Å². The van der Waals surface area contributed by atoms with Crippen molar-refractivity contribution >= 4 is 0 Å². The Morgan fingerprint density at radius 2 is 2.14 bits per heavy atom. The van der Waals surface area contributed by atoms with E-state index in [-0.39, 0.29) is 11.9 Å². The van der Waals surface area contributed by atoms with Gasteiger partial charge < -0.3 is 5.32 Å². The summed E-state index contributed by atoms with van der Waals surface area (Å²) in [5, 5.41) is 3.21. The second-order valence-electron chi connectivity index (χ2n) is 4.13. The minimum Gasteiger partial charge on any atom is -0.313 e. The van der Waals surface area contributed by atoms with Crippen molar-refractivity contribution in [1.29, 1.82) is 0 Å². The quantitative estimate of drug-likeness (QED) is 0.778. The first kappa shape index (κ1) is 9.66. The molecule has 1 aliphatic rings. The van der Waals surface area contributed by atoms with Crippen molar-refractivity contribution in [3.8, 4) is 0 Å². The van der Waals surface area contributed by atoms with Crippen LogP contribution in [0.2, 0.25) is 0 Å². The van der Waals surface area contributed by atoms with Crippen LogP contribution in [0.15, 0.2) is 18.2 Å². The molecule has 1 aromatic carbocycles. The Kier molecular flexibility index (Phi) is 2.55. The molecule has 0 aliphatic heterocycles. The minimum atomic E-state index is -0.0816. The molecule has 1 saturated carbocycles. The van der Waals surface area contributed by atoms with E-state index in [1.807, 2.05) is 26.1 Å². The molecular formula is C12H16FN. The van der Waals surface area contributed by atoms with E-state index in [1.165, 1.54) is 12.8 Å². The van der Waals surface area contributed by atoms with Crippen molar-refractivity contribution < 1.29 is 4.39 Å². The molecule has 0 bridgehead atoms. The molecule has 2 heteroatoms. The lowest BCUT2D eigenvalue weighted by molar-refractivity contribution is 0.492. The minimum absolute atomic E-state index is 0.0816. The summed E-state index contributed by atoms with van der Waals surface area (Å²) in [6, 6.07) is 5.54. The first-order valence-corrected chi connectivity index (χ1v) is 5.15. The molecule has 1 nitrogen and oxygen atoms in total. The van der Waals surface area contributed by atoms with Gasteiger partial charge in [-0.3, -0.25) is 0 Å².